The van der Waals surface area contributed by atoms with Gasteiger partial charge in [-0.15, -0.1) is 0 Å². The molecule has 11 rings (SSSR count). The number of nitrogens with one attached hydrogen (secondary N) is 1. The van der Waals surface area contributed by atoms with Crippen LogP contribution in [0.3, 0.4) is 0 Å². The summed E-state index contributed by atoms with van der Waals surface area (Å²) in [5, 5.41) is 5.76. The summed E-state index contributed by atoms with van der Waals surface area (Å²) in [6, 6.07) is 57.5. The predicted molar refractivity (Wildman–Crippen MR) is 253 cm³/mol. The SMILES string of the molecule is C1=CC2(c3ccc(C4N=C(c5ccccc5)NC(c5ccccc5)=N4)cc3S/C=C\C(c3cc(-c4ccncc4)nc(-c4ccncc4)c3)=C1)c1ccccc1-c1ccccc12. The normalized spacial score (nSPS) is 15.6. The zero-order valence-electron chi connectivity index (χ0n) is 33.5. The molecule has 7 heteroatoms. The van der Waals surface area contributed by atoms with Gasteiger partial charge in [0.2, 0.25) is 0 Å². The molecule has 0 saturated carbocycles. The molecule has 5 heterocycles. The quantitative estimate of drug-likeness (QED) is 0.181. The molecule has 1 aliphatic carbocycles. The number of amidine groups is 2. The van der Waals surface area contributed by atoms with Gasteiger partial charge in [0.15, 0.2) is 6.17 Å². The third-order valence-electron chi connectivity index (χ3n) is 11.7. The van der Waals surface area contributed by atoms with E-state index in [9.17, 15) is 0 Å². The second-order valence-electron chi connectivity index (χ2n) is 15.3. The fraction of sp³-hybridized carbons (Fsp3) is 0.0364. The van der Waals surface area contributed by atoms with E-state index in [0.29, 0.717) is 0 Å². The molecule has 3 aromatic heterocycles. The van der Waals surface area contributed by atoms with E-state index in [2.05, 4.69) is 148 Å². The van der Waals surface area contributed by atoms with Crippen LogP contribution in [0.2, 0.25) is 0 Å². The van der Waals surface area contributed by atoms with Gasteiger partial charge in [0.25, 0.3) is 0 Å². The Morgan fingerprint density at radius 2 is 1.05 bits per heavy atom. The van der Waals surface area contributed by atoms with Crippen molar-refractivity contribution >= 4 is 29.0 Å². The highest BCUT2D eigenvalue weighted by atomic mass is 32.2. The van der Waals surface area contributed by atoms with Crippen molar-refractivity contribution < 1.29 is 0 Å². The smallest absolute Gasteiger partial charge is 0.169 e. The van der Waals surface area contributed by atoms with E-state index >= 15 is 0 Å². The van der Waals surface area contributed by atoms with Gasteiger partial charge in [-0.1, -0.05) is 151 Å². The Morgan fingerprint density at radius 1 is 0.500 bits per heavy atom. The first-order valence-electron chi connectivity index (χ1n) is 20.6. The van der Waals surface area contributed by atoms with Crippen LogP contribution < -0.4 is 5.32 Å². The molecule has 5 aromatic carbocycles. The standard InChI is InChI=1S/C55H38N6S/c1-3-12-40(13-4-1)52-59-53(41-14-5-2-6-15-41)61-54(60-52)42-21-22-48-51(36-42)62-33-27-37(16-11-28-55(48)46-19-9-7-17-44(46)45-18-8-10-20-47(45)55)43-34-49(38-23-29-56-30-24-38)58-50(35-43)39-25-31-57-32-26-39/h1-36,54H,(H,59,60,61)/b28-11?,33-27-,37-16?. The summed E-state index contributed by atoms with van der Waals surface area (Å²) in [6.45, 7) is 0. The molecule has 2 aliphatic heterocycles. The molecule has 0 saturated heterocycles. The van der Waals surface area contributed by atoms with Gasteiger partial charge >= 0.3 is 0 Å². The molecule has 8 aromatic rings. The van der Waals surface area contributed by atoms with Crippen LogP contribution in [0.1, 0.15) is 45.1 Å². The molecule has 1 N–H and O–H groups in total. The molecule has 6 nitrogen and oxygen atoms in total. The van der Waals surface area contributed by atoms with Gasteiger partial charge in [-0.3, -0.25) is 9.97 Å². The molecule has 3 aliphatic rings. The lowest BCUT2D eigenvalue weighted by Gasteiger charge is -2.32. The minimum atomic E-state index is -0.575. The summed E-state index contributed by atoms with van der Waals surface area (Å²) in [6.07, 6.45) is 15.9. The van der Waals surface area contributed by atoms with E-state index in [0.717, 1.165) is 66.9 Å². The summed E-state index contributed by atoms with van der Waals surface area (Å²) in [5.74, 6) is 1.58. The van der Waals surface area contributed by atoms with Crippen molar-refractivity contribution in [3.63, 3.8) is 0 Å². The summed E-state index contributed by atoms with van der Waals surface area (Å²) in [5.41, 5.74) is 14.5. The number of hydrogen-bond acceptors (Lipinski definition) is 7. The Morgan fingerprint density at radius 3 is 1.63 bits per heavy atom. The van der Waals surface area contributed by atoms with Gasteiger partial charge in [-0.2, -0.15) is 0 Å². The van der Waals surface area contributed by atoms with Crippen molar-refractivity contribution in [1.29, 1.82) is 0 Å². The van der Waals surface area contributed by atoms with E-state index < -0.39 is 11.6 Å². The van der Waals surface area contributed by atoms with Crippen molar-refractivity contribution in [3.8, 4) is 33.6 Å². The largest absolute Gasteiger partial charge is 0.324 e. The third kappa shape index (κ3) is 6.79. The average Bonchev–Trinajstić information content (AvgIpc) is 3.64. The molecule has 62 heavy (non-hydrogen) atoms. The monoisotopic (exact) mass is 814 g/mol. The molecule has 294 valence electrons. The van der Waals surface area contributed by atoms with Crippen LogP contribution in [0.15, 0.2) is 233 Å². The summed E-state index contributed by atoms with van der Waals surface area (Å²) in [4.78, 5) is 25.3. The maximum absolute atomic E-state index is 5.26. The maximum Gasteiger partial charge on any atom is 0.169 e. The Balaban J connectivity index is 1.09. The first-order valence-corrected chi connectivity index (χ1v) is 21.5. The number of allylic oxidation sites excluding steroid dienone is 5. The van der Waals surface area contributed by atoms with E-state index in [1.54, 1.807) is 11.8 Å². The zero-order chi connectivity index (χ0) is 41.3. The Labute approximate surface area is 365 Å². The van der Waals surface area contributed by atoms with Crippen LogP contribution in [-0.4, -0.2) is 26.6 Å². The molecule has 0 bridgehead atoms. The lowest BCUT2D eigenvalue weighted by Crippen LogP contribution is -2.36. The lowest BCUT2D eigenvalue weighted by molar-refractivity contribution is 0.741. The van der Waals surface area contributed by atoms with Gasteiger partial charge in [-0.05, 0) is 98.5 Å². The minimum absolute atomic E-state index is 0.466. The van der Waals surface area contributed by atoms with Crippen LogP contribution in [0.25, 0.3) is 39.2 Å². The van der Waals surface area contributed by atoms with E-state index in [1.807, 2.05) is 85.5 Å². The number of benzene rings is 5. The number of rotatable bonds is 6. The molecule has 1 spiro atoms. The molecular formula is C55H38N6S. The number of aromatic nitrogens is 3. The second-order valence-corrected chi connectivity index (χ2v) is 16.3. The lowest BCUT2D eigenvalue weighted by atomic mass is 9.72. The first-order chi connectivity index (χ1) is 30.7. The summed E-state index contributed by atoms with van der Waals surface area (Å²) in [7, 11) is 0. The van der Waals surface area contributed by atoms with E-state index in [4.69, 9.17) is 15.0 Å². The Kier molecular flexibility index (Phi) is 9.64. The average molecular weight is 815 g/mol. The number of fused-ring (bicyclic) bond motifs is 7. The van der Waals surface area contributed by atoms with Crippen molar-refractivity contribution in [1.82, 2.24) is 20.3 Å². The molecule has 0 atom stereocenters. The highest BCUT2D eigenvalue weighted by Crippen LogP contribution is 2.55. The topological polar surface area (TPSA) is 75.4 Å². The van der Waals surface area contributed by atoms with Crippen molar-refractivity contribution in [2.24, 2.45) is 9.98 Å². The minimum Gasteiger partial charge on any atom is -0.324 e. The highest BCUT2D eigenvalue weighted by molar-refractivity contribution is 8.02. The fourth-order valence-electron chi connectivity index (χ4n) is 8.80. The van der Waals surface area contributed by atoms with Crippen molar-refractivity contribution in [2.75, 3.05) is 0 Å². The first kappa shape index (κ1) is 37.3. The summed E-state index contributed by atoms with van der Waals surface area (Å²) >= 11 is 1.73. The molecule has 0 fully saturated rings. The molecule has 0 unspecified atom stereocenters. The second kappa shape index (κ2) is 16.0. The predicted octanol–water partition coefficient (Wildman–Crippen LogP) is 12.3. The zero-order valence-corrected chi connectivity index (χ0v) is 34.3. The van der Waals surface area contributed by atoms with Gasteiger partial charge in [-0.25, -0.2) is 15.0 Å². The third-order valence-corrected chi connectivity index (χ3v) is 12.6. The van der Waals surface area contributed by atoms with Crippen LogP contribution in [0.5, 0.6) is 0 Å². The van der Waals surface area contributed by atoms with E-state index in [-0.39, 0.29) is 0 Å². The van der Waals surface area contributed by atoms with Crippen LogP contribution in [-0.2, 0) is 5.41 Å². The molecular weight excluding hydrogens is 777 g/mol. The van der Waals surface area contributed by atoms with Crippen molar-refractivity contribution in [2.45, 2.75) is 16.5 Å². The summed E-state index contributed by atoms with van der Waals surface area (Å²) < 4.78 is 0. The van der Waals surface area contributed by atoms with Crippen LogP contribution >= 0.6 is 11.8 Å². The fourth-order valence-corrected chi connectivity index (χ4v) is 9.72. The highest BCUT2D eigenvalue weighted by Gasteiger charge is 2.44. The molecule has 0 amide bonds. The van der Waals surface area contributed by atoms with Crippen LogP contribution in [0, 0.1) is 0 Å². The molecule has 0 radical (unpaired) electrons. The number of aliphatic imine (C=N–C) groups is 2. The number of pyridine rings is 3. The van der Waals surface area contributed by atoms with Gasteiger partial charge < -0.3 is 5.32 Å². The van der Waals surface area contributed by atoms with Gasteiger partial charge in [0.1, 0.15) is 11.7 Å². The van der Waals surface area contributed by atoms with Crippen LogP contribution in [0.4, 0.5) is 0 Å². The van der Waals surface area contributed by atoms with Gasteiger partial charge in [0, 0.05) is 51.9 Å². The maximum atomic E-state index is 5.26. The van der Waals surface area contributed by atoms with E-state index in [1.165, 1.54) is 27.8 Å². The van der Waals surface area contributed by atoms with Crippen molar-refractivity contribution in [3.05, 3.63) is 257 Å². The number of hydrogen-bond donors (Lipinski definition) is 1. The Bertz CT molecular complexity index is 2960. The Hall–Kier alpha value is -7.74. The number of nitrogens with zero attached hydrogens (tertiary/aromatic N) is 5. The number of thioether (sulfide) groups is 1. The van der Waals surface area contributed by atoms with Gasteiger partial charge in [0.05, 0.1) is 16.8 Å².